The maximum absolute atomic E-state index is 13.8. The van der Waals surface area contributed by atoms with Crippen molar-refractivity contribution in [1.82, 2.24) is 14.5 Å². The van der Waals surface area contributed by atoms with Crippen LogP contribution in [0.5, 0.6) is 0 Å². The van der Waals surface area contributed by atoms with Gasteiger partial charge in [0.15, 0.2) is 0 Å². The van der Waals surface area contributed by atoms with E-state index in [1.54, 1.807) is 6.20 Å². The third kappa shape index (κ3) is 3.74. The molecule has 0 aliphatic carbocycles. The highest BCUT2D eigenvalue weighted by Crippen LogP contribution is 2.31. The number of rotatable bonds is 3. The van der Waals surface area contributed by atoms with Crippen molar-refractivity contribution in [2.75, 3.05) is 18.0 Å². The van der Waals surface area contributed by atoms with Crippen molar-refractivity contribution in [2.45, 2.75) is 31.6 Å². The van der Waals surface area contributed by atoms with Crippen LogP contribution >= 0.6 is 24.0 Å². The minimum Gasteiger partial charge on any atom is -0.340 e. The number of hydrogen-bond acceptors (Lipinski definition) is 4. The van der Waals surface area contributed by atoms with Crippen LogP contribution in [0.15, 0.2) is 42.6 Å². The fourth-order valence-corrected chi connectivity index (χ4v) is 3.65. The van der Waals surface area contributed by atoms with Crippen molar-refractivity contribution in [3.8, 4) is 0 Å². The maximum atomic E-state index is 13.8. The molecule has 0 amide bonds. The van der Waals surface area contributed by atoms with E-state index in [0.717, 1.165) is 22.7 Å². The average Bonchev–Trinajstić information content (AvgIpc) is 3.03. The molecular weight excluding hydrogens is 388 g/mol. The van der Waals surface area contributed by atoms with Gasteiger partial charge in [0, 0.05) is 19.3 Å². The molecule has 1 fully saturated rings. The molecule has 3 heterocycles. The van der Waals surface area contributed by atoms with Crippen molar-refractivity contribution in [3.63, 3.8) is 0 Å². The molecule has 2 N–H and O–H groups in total. The highest BCUT2D eigenvalue weighted by molar-refractivity contribution is 6.30. The van der Waals surface area contributed by atoms with Crippen LogP contribution in [0.4, 0.5) is 10.3 Å². The van der Waals surface area contributed by atoms with Gasteiger partial charge in [-0.15, -0.1) is 12.4 Å². The fourth-order valence-electron chi connectivity index (χ4n) is 3.54. The minimum absolute atomic E-state index is 0. The van der Waals surface area contributed by atoms with Crippen molar-refractivity contribution in [3.05, 3.63) is 53.3 Å². The Bertz CT molecular complexity index is 914. The van der Waals surface area contributed by atoms with E-state index in [0.29, 0.717) is 24.5 Å². The fraction of sp³-hybridized carbons (Fsp3) is 0.368. The van der Waals surface area contributed by atoms with Crippen molar-refractivity contribution in [2.24, 2.45) is 5.73 Å². The number of aromatic nitrogens is 3. The van der Waals surface area contributed by atoms with Crippen LogP contribution in [0, 0.1) is 0 Å². The third-order valence-corrected chi connectivity index (χ3v) is 5.22. The molecule has 3 atom stereocenters. The molecule has 0 spiro atoms. The lowest BCUT2D eigenvalue weighted by Gasteiger charge is -2.34. The second kappa shape index (κ2) is 8.00. The van der Waals surface area contributed by atoms with Gasteiger partial charge in [-0.2, -0.15) is 0 Å². The molecule has 0 bridgehead atoms. The highest BCUT2D eigenvalue weighted by atomic mass is 35.5. The Labute approximate surface area is 168 Å². The van der Waals surface area contributed by atoms with Gasteiger partial charge in [-0.1, -0.05) is 23.7 Å². The lowest BCUT2D eigenvalue weighted by Crippen LogP contribution is -2.50. The number of alkyl halides is 1. The number of para-hydroxylation sites is 2. The van der Waals surface area contributed by atoms with Crippen LogP contribution < -0.4 is 10.6 Å². The van der Waals surface area contributed by atoms with Gasteiger partial charge in [0.2, 0.25) is 5.95 Å². The van der Waals surface area contributed by atoms with Crippen LogP contribution in [0.2, 0.25) is 5.02 Å². The third-order valence-electron chi connectivity index (χ3n) is 5.00. The first-order chi connectivity index (χ1) is 12.5. The number of nitrogens with zero attached hydrogens (tertiary/aromatic N) is 4. The van der Waals surface area contributed by atoms with Gasteiger partial charge in [0.05, 0.1) is 33.8 Å². The van der Waals surface area contributed by atoms with Crippen LogP contribution in [0.1, 0.15) is 25.1 Å². The van der Waals surface area contributed by atoms with Gasteiger partial charge in [-0.3, -0.25) is 4.98 Å². The molecular formula is C19H22Cl2FN5. The van der Waals surface area contributed by atoms with E-state index >= 15 is 0 Å². The minimum atomic E-state index is -0.959. The summed E-state index contributed by atoms with van der Waals surface area (Å²) in [6.07, 6.45) is 1.11. The molecule has 1 aliphatic heterocycles. The van der Waals surface area contributed by atoms with Crippen molar-refractivity contribution in [1.29, 1.82) is 0 Å². The number of imidazole rings is 1. The topological polar surface area (TPSA) is 60.0 Å². The first-order valence-corrected chi connectivity index (χ1v) is 9.15. The van der Waals surface area contributed by atoms with Gasteiger partial charge < -0.3 is 15.2 Å². The van der Waals surface area contributed by atoms with Crippen molar-refractivity contribution < 1.29 is 4.39 Å². The summed E-state index contributed by atoms with van der Waals surface area (Å²) in [6.45, 7) is 3.12. The maximum Gasteiger partial charge on any atom is 0.207 e. The first-order valence-electron chi connectivity index (χ1n) is 8.77. The normalized spacial score (nSPS) is 21.1. The number of nitrogens with two attached hydrogens (primary N) is 1. The van der Waals surface area contributed by atoms with E-state index < -0.39 is 12.2 Å². The molecule has 4 rings (SSSR count). The SMILES string of the molecule is C[C@@H](c1ccc(Cl)cn1)n1c(N2CCC(F)C(N)C2)nc2ccccc21.Cl. The highest BCUT2D eigenvalue weighted by Gasteiger charge is 2.30. The lowest BCUT2D eigenvalue weighted by atomic mass is 10.1. The number of hydrogen-bond donors (Lipinski definition) is 1. The molecule has 0 radical (unpaired) electrons. The zero-order valence-electron chi connectivity index (χ0n) is 14.9. The summed E-state index contributed by atoms with van der Waals surface area (Å²) in [5.41, 5.74) is 8.78. The number of benzene rings is 1. The largest absolute Gasteiger partial charge is 0.340 e. The summed E-state index contributed by atoms with van der Waals surface area (Å²) in [5, 5.41) is 0.604. The lowest BCUT2D eigenvalue weighted by molar-refractivity contribution is 0.243. The molecule has 1 aromatic carbocycles. The first kappa shape index (κ1) is 19.9. The van der Waals surface area contributed by atoms with E-state index in [1.807, 2.05) is 36.4 Å². The molecule has 1 saturated heterocycles. The van der Waals surface area contributed by atoms with Crippen LogP contribution in [0.3, 0.4) is 0 Å². The van der Waals surface area contributed by atoms with Gasteiger partial charge in [-0.25, -0.2) is 9.37 Å². The number of anilines is 1. The molecule has 2 aromatic heterocycles. The Kier molecular flexibility index (Phi) is 5.89. The summed E-state index contributed by atoms with van der Waals surface area (Å²) in [7, 11) is 0. The van der Waals surface area contributed by atoms with E-state index in [-0.39, 0.29) is 18.4 Å². The van der Waals surface area contributed by atoms with E-state index in [1.165, 1.54) is 0 Å². The predicted octanol–water partition coefficient (Wildman–Crippen LogP) is 3.99. The van der Waals surface area contributed by atoms with E-state index in [4.69, 9.17) is 22.3 Å². The zero-order chi connectivity index (χ0) is 18.3. The van der Waals surface area contributed by atoms with Gasteiger partial charge in [0.1, 0.15) is 6.17 Å². The van der Waals surface area contributed by atoms with Crippen molar-refractivity contribution >= 4 is 41.0 Å². The Morgan fingerprint density at radius 3 is 2.74 bits per heavy atom. The number of pyridine rings is 1. The monoisotopic (exact) mass is 409 g/mol. The molecule has 3 aromatic rings. The second-order valence-electron chi connectivity index (χ2n) is 6.76. The number of fused-ring (bicyclic) bond motifs is 1. The summed E-state index contributed by atoms with van der Waals surface area (Å²) >= 11 is 5.98. The van der Waals surface area contributed by atoms with E-state index in [9.17, 15) is 4.39 Å². The Morgan fingerprint density at radius 2 is 2.04 bits per heavy atom. The molecule has 1 aliphatic rings. The van der Waals surface area contributed by atoms with Crippen LogP contribution in [-0.2, 0) is 0 Å². The Balaban J connectivity index is 0.00000210. The number of piperidine rings is 1. The second-order valence-corrected chi connectivity index (χ2v) is 7.20. The molecule has 0 saturated carbocycles. The van der Waals surface area contributed by atoms with E-state index in [2.05, 4.69) is 21.4 Å². The summed E-state index contributed by atoms with van der Waals surface area (Å²) in [4.78, 5) is 11.4. The molecule has 144 valence electrons. The zero-order valence-corrected chi connectivity index (χ0v) is 16.5. The summed E-state index contributed by atoms with van der Waals surface area (Å²) in [5.74, 6) is 0.804. The molecule has 5 nitrogen and oxygen atoms in total. The molecule has 27 heavy (non-hydrogen) atoms. The Morgan fingerprint density at radius 1 is 1.26 bits per heavy atom. The smallest absolute Gasteiger partial charge is 0.207 e. The quantitative estimate of drug-likeness (QED) is 0.710. The standard InChI is InChI=1S/C19H21ClFN5.ClH/c1-12(16-7-6-13(20)10-23-16)26-18-5-3-2-4-17(18)24-19(26)25-9-8-14(21)15(22)11-25;/h2-7,10,12,14-15H,8-9,11,22H2,1H3;1H/t12-,14?,15?;/m0./s1. The van der Waals surface area contributed by atoms with Gasteiger partial charge in [-0.05, 0) is 37.6 Å². The van der Waals surface area contributed by atoms with Gasteiger partial charge >= 0.3 is 0 Å². The molecule has 2 unspecified atom stereocenters. The summed E-state index contributed by atoms with van der Waals surface area (Å²) < 4.78 is 16.0. The molecule has 8 heteroatoms. The number of halogens is 3. The average molecular weight is 410 g/mol. The van der Waals surface area contributed by atoms with Gasteiger partial charge in [0.25, 0.3) is 0 Å². The van der Waals surface area contributed by atoms with Crippen LogP contribution in [0.25, 0.3) is 11.0 Å². The predicted molar refractivity (Wildman–Crippen MR) is 110 cm³/mol. The van der Waals surface area contributed by atoms with Crippen LogP contribution in [-0.4, -0.2) is 39.8 Å². The summed E-state index contributed by atoms with van der Waals surface area (Å²) in [6, 6.07) is 11.2. The Hall–Kier alpha value is -1.89.